The van der Waals surface area contributed by atoms with Crippen LogP contribution in [-0.2, 0) is 10.0 Å². The second kappa shape index (κ2) is 5.63. The molecule has 0 spiro atoms. The molecule has 0 saturated heterocycles. The molecule has 0 radical (unpaired) electrons. The Morgan fingerprint density at radius 1 is 1.44 bits per heavy atom. The first-order chi connectivity index (χ1) is 7.44. The molecule has 0 aromatic carbocycles. The van der Waals surface area contributed by atoms with Crippen molar-refractivity contribution in [3.8, 4) is 0 Å². The normalized spacial score (nSPS) is 11.4. The van der Waals surface area contributed by atoms with Crippen LogP contribution in [0.3, 0.4) is 0 Å². The number of hydrogen-bond donors (Lipinski definition) is 1. The van der Waals surface area contributed by atoms with Crippen LogP contribution in [0.2, 0.25) is 0 Å². The van der Waals surface area contributed by atoms with Crippen LogP contribution in [0.1, 0.15) is 25.5 Å². The lowest BCUT2D eigenvalue weighted by atomic mass is 10.3. The van der Waals surface area contributed by atoms with Crippen molar-refractivity contribution in [1.82, 2.24) is 4.98 Å². The number of nitrogens with one attached hydrogen (secondary N) is 1. The van der Waals surface area contributed by atoms with E-state index in [0.29, 0.717) is 22.4 Å². The van der Waals surface area contributed by atoms with Gasteiger partial charge in [-0.15, -0.1) is 0 Å². The highest BCUT2D eigenvalue weighted by Crippen LogP contribution is 2.17. The van der Waals surface area contributed by atoms with Gasteiger partial charge in [0.25, 0.3) is 0 Å². The number of nitrogens with zero attached hydrogens (tertiary/aromatic N) is 1. The van der Waals surface area contributed by atoms with Crippen LogP contribution >= 0.6 is 15.9 Å². The summed E-state index contributed by atoms with van der Waals surface area (Å²) in [6.07, 6.45) is 1.52. The minimum Gasteiger partial charge on any atom is -0.282 e. The van der Waals surface area contributed by atoms with E-state index in [1.165, 1.54) is 0 Å². The zero-order valence-electron chi connectivity index (χ0n) is 9.33. The second-order valence-corrected chi connectivity index (χ2v) is 6.20. The Hall–Kier alpha value is -0.620. The van der Waals surface area contributed by atoms with Gasteiger partial charge in [0.2, 0.25) is 10.0 Å². The van der Waals surface area contributed by atoms with Crippen LogP contribution in [0, 0.1) is 6.92 Å². The fourth-order valence-corrected chi connectivity index (χ4v) is 2.91. The third kappa shape index (κ3) is 4.09. The summed E-state index contributed by atoms with van der Waals surface area (Å²) in [5, 5.41) is 0. The summed E-state index contributed by atoms with van der Waals surface area (Å²) in [5.74, 6) is 0.152. The van der Waals surface area contributed by atoms with Gasteiger partial charge in [0, 0.05) is 0 Å². The molecule has 6 heteroatoms. The smallest absolute Gasteiger partial charge is 0.232 e. The minimum absolute atomic E-state index is 0.152. The lowest BCUT2D eigenvalue weighted by Gasteiger charge is -2.09. The molecule has 0 unspecified atom stereocenters. The van der Waals surface area contributed by atoms with Gasteiger partial charge in [-0.25, -0.2) is 13.4 Å². The molecular formula is C10H15BrN2O2S. The summed E-state index contributed by atoms with van der Waals surface area (Å²) in [6, 6.07) is 3.42. The molecule has 0 aliphatic carbocycles. The Labute approximate surface area is 105 Å². The van der Waals surface area contributed by atoms with Crippen molar-refractivity contribution in [3.63, 3.8) is 0 Å². The summed E-state index contributed by atoms with van der Waals surface area (Å²) >= 11 is 3.23. The van der Waals surface area contributed by atoms with Crippen molar-refractivity contribution >= 4 is 31.6 Å². The highest BCUT2D eigenvalue weighted by molar-refractivity contribution is 9.10. The van der Waals surface area contributed by atoms with Gasteiger partial charge in [-0.3, -0.25) is 4.72 Å². The maximum Gasteiger partial charge on any atom is 0.232 e. The topological polar surface area (TPSA) is 59.1 Å². The van der Waals surface area contributed by atoms with E-state index >= 15 is 0 Å². The summed E-state index contributed by atoms with van der Waals surface area (Å²) in [6.45, 7) is 3.73. The molecule has 0 aliphatic rings. The zero-order valence-corrected chi connectivity index (χ0v) is 11.7. The van der Waals surface area contributed by atoms with Crippen LogP contribution < -0.4 is 4.72 Å². The Morgan fingerprint density at radius 2 is 2.12 bits per heavy atom. The van der Waals surface area contributed by atoms with Gasteiger partial charge in [-0.2, -0.15) is 0 Å². The number of hydrogen-bond acceptors (Lipinski definition) is 3. The Balaban J connectivity index is 2.80. The van der Waals surface area contributed by atoms with E-state index in [-0.39, 0.29) is 5.75 Å². The van der Waals surface area contributed by atoms with Gasteiger partial charge in [-0.1, -0.05) is 13.3 Å². The first-order valence-corrected chi connectivity index (χ1v) is 7.53. The first kappa shape index (κ1) is 13.4. The van der Waals surface area contributed by atoms with Crippen LogP contribution in [0.25, 0.3) is 0 Å². The lowest BCUT2D eigenvalue weighted by molar-refractivity contribution is 0.598. The molecular weight excluding hydrogens is 292 g/mol. The van der Waals surface area contributed by atoms with Gasteiger partial charge in [-0.05, 0) is 41.4 Å². The van der Waals surface area contributed by atoms with Crippen LogP contribution in [-0.4, -0.2) is 19.2 Å². The molecule has 0 fully saturated rings. The predicted octanol–water partition coefficient (Wildman–Crippen LogP) is 2.69. The SMILES string of the molecule is CCCCS(=O)(=O)Nc1ccc(Br)nc1C. The van der Waals surface area contributed by atoms with E-state index < -0.39 is 10.0 Å². The van der Waals surface area contributed by atoms with Crippen molar-refractivity contribution in [1.29, 1.82) is 0 Å². The Bertz CT molecular complexity index is 460. The van der Waals surface area contributed by atoms with E-state index in [9.17, 15) is 8.42 Å². The highest BCUT2D eigenvalue weighted by Gasteiger charge is 2.11. The molecule has 0 amide bonds. The fourth-order valence-electron chi connectivity index (χ4n) is 1.19. The number of pyridine rings is 1. The maximum atomic E-state index is 11.6. The predicted molar refractivity (Wildman–Crippen MR) is 69.0 cm³/mol. The number of sulfonamides is 1. The molecule has 16 heavy (non-hydrogen) atoms. The molecule has 1 N–H and O–H groups in total. The molecule has 1 aromatic rings. The van der Waals surface area contributed by atoms with Crippen molar-refractivity contribution < 1.29 is 8.42 Å². The number of halogens is 1. The second-order valence-electron chi connectivity index (χ2n) is 3.54. The van der Waals surface area contributed by atoms with Crippen LogP contribution in [0.5, 0.6) is 0 Å². The number of anilines is 1. The van der Waals surface area contributed by atoms with Gasteiger partial charge < -0.3 is 0 Å². The van der Waals surface area contributed by atoms with E-state index in [2.05, 4.69) is 25.6 Å². The lowest BCUT2D eigenvalue weighted by Crippen LogP contribution is -2.17. The number of rotatable bonds is 5. The third-order valence-corrected chi connectivity index (χ3v) is 3.88. The van der Waals surface area contributed by atoms with Crippen molar-refractivity contribution in [2.45, 2.75) is 26.7 Å². The van der Waals surface area contributed by atoms with Crippen LogP contribution in [0.15, 0.2) is 16.7 Å². The summed E-state index contributed by atoms with van der Waals surface area (Å²) in [5.41, 5.74) is 1.20. The van der Waals surface area contributed by atoms with E-state index in [0.717, 1.165) is 6.42 Å². The summed E-state index contributed by atoms with van der Waals surface area (Å²) in [4.78, 5) is 4.13. The fraction of sp³-hybridized carbons (Fsp3) is 0.500. The standard InChI is InChI=1S/C10H15BrN2O2S/c1-3-4-7-16(14,15)13-9-5-6-10(11)12-8(9)2/h5-6,13H,3-4,7H2,1-2H3. The Morgan fingerprint density at radius 3 is 2.69 bits per heavy atom. The van der Waals surface area contributed by atoms with Crippen molar-refractivity contribution in [2.24, 2.45) is 0 Å². The quantitative estimate of drug-likeness (QED) is 0.851. The summed E-state index contributed by atoms with van der Waals surface area (Å²) < 4.78 is 26.5. The van der Waals surface area contributed by atoms with Gasteiger partial charge in [0.05, 0.1) is 17.1 Å². The number of aromatic nitrogens is 1. The highest BCUT2D eigenvalue weighted by atomic mass is 79.9. The minimum atomic E-state index is -3.24. The van der Waals surface area contributed by atoms with E-state index in [1.807, 2.05) is 6.92 Å². The molecule has 4 nitrogen and oxygen atoms in total. The molecule has 1 rings (SSSR count). The van der Waals surface area contributed by atoms with Gasteiger partial charge in [0.1, 0.15) is 4.60 Å². The van der Waals surface area contributed by atoms with E-state index in [1.54, 1.807) is 19.1 Å². The van der Waals surface area contributed by atoms with Crippen LogP contribution in [0.4, 0.5) is 5.69 Å². The molecule has 0 aliphatic heterocycles. The van der Waals surface area contributed by atoms with Crippen molar-refractivity contribution in [2.75, 3.05) is 10.5 Å². The zero-order chi connectivity index (χ0) is 12.2. The average molecular weight is 307 g/mol. The molecule has 0 atom stereocenters. The number of unbranched alkanes of at least 4 members (excludes halogenated alkanes) is 1. The summed E-state index contributed by atoms with van der Waals surface area (Å²) in [7, 11) is -3.24. The molecule has 1 aromatic heterocycles. The Kier molecular flexibility index (Phi) is 4.73. The van der Waals surface area contributed by atoms with E-state index in [4.69, 9.17) is 0 Å². The first-order valence-electron chi connectivity index (χ1n) is 5.08. The molecule has 1 heterocycles. The van der Waals surface area contributed by atoms with Crippen molar-refractivity contribution in [3.05, 3.63) is 22.4 Å². The maximum absolute atomic E-state index is 11.6. The molecule has 0 saturated carbocycles. The monoisotopic (exact) mass is 306 g/mol. The third-order valence-electron chi connectivity index (χ3n) is 2.08. The molecule has 0 bridgehead atoms. The average Bonchev–Trinajstić information content (AvgIpc) is 2.19. The van der Waals surface area contributed by atoms with Gasteiger partial charge >= 0.3 is 0 Å². The largest absolute Gasteiger partial charge is 0.282 e. The molecule has 90 valence electrons. The van der Waals surface area contributed by atoms with Gasteiger partial charge in [0.15, 0.2) is 0 Å². The number of aryl methyl sites for hydroxylation is 1.